The molecule has 0 spiro atoms. The first-order valence-corrected chi connectivity index (χ1v) is 11.0. The first-order chi connectivity index (χ1) is 11.5. The van der Waals surface area contributed by atoms with E-state index in [1.54, 1.807) is 7.05 Å². The van der Waals surface area contributed by atoms with Gasteiger partial charge in [0.1, 0.15) is 0 Å². The first-order valence-electron chi connectivity index (χ1n) is 7.93. The van der Waals surface area contributed by atoms with Gasteiger partial charge >= 0.3 is 0 Å². The maximum absolute atomic E-state index is 11.5. The molecule has 0 aliphatic rings. The second-order valence-electron chi connectivity index (χ2n) is 5.33. The molecule has 6 nitrogen and oxygen atoms in total. The molecule has 3 N–H and O–H groups in total. The normalized spacial score (nSPS) is 12.2. The van der Waals surface area contributed by atoms with E-state index in [1.165, 1.54) is 19.2 Å². The number of guanidine groups is 1. The largest absolute Gasteiger partial charge is 0.356 e. The van der Waals surface area contributed by atoms with Crippen molar-refractivity contribution in [3.63, 3.8) is 0 Å². The molecule has 8 heteroatoms. The summed E-state index contributed by atoms with van der Waals surface area (Å²) in [6, 6.07) is 7.54. The van der Waals surface area contributed by atoms with E-state index >= 15 is 0 Å². The highest BCUT2D eigenvalue weighted by atomic mass is 32.2. The van der Waals surface area contributed by atoms with Crippen molar-refractivity contribution in [3.8, 4) is 0 Å². The molecular weight excluding hydrogens is 344 g/mol. The average molecular weight is 373 g/mol. The molecule has 0 saturated carbocycles. The highest BCUT2D eigenvalue weighted by Gasteiger charge is 2.08. The van der Waals surface area contributed by atoms with Crippen LogP contribution in [0.5, 0.6) is 0 Å². The molecule has 0 amide bonds. The minimum atomic E-state index is -3.23. The van der Waals surface area contributed by atoms with Crippen LogP contribution in [0.1, 0.15) is 24.0 Å². The number of thioether (sulfide) groups is 1. The summed E-state index contributed by atoms with van der Waals surface area (Å²) in [4.78, 5) is 4.20. The molecule has 1 rings (SSSR count). The van der Waals surface area contributed by atoms with Crippen molar-refractivity contribution in [1.29, 1.82) is 0 Å². The van der Waals surface area contributed by atoms with Gasteiger partial charge in [-0.3, -0.25) is 4.99 Å². The quantitative estimate of drug-likeness (QED) is 0.330. The Kier molecular flexibility index (Phi) is 9.82. The minimum Gasteiger partial charge on any atom is -0.356 e. The van der Waals surface area contributed by atoms with Gasteiger partial charge in [-0.1, -0.05) is 24.3 Å². The Balaban J connectivity index is 2.40. The summed E-state index contributed by atoms with van der Waals surface area (Å²) in [6.45, 7) is 1.55. The van der Waals surface area contributed by atoms with Gasteiger partial charge in [-0.25, -0.2) is 13.1 Å². The number of benzene rings is 1. The fourth-order valence-corrected chi connectivity index (χ4v) is 3.30. The fraction of sp³-hybridized carbons (Fsp3) is 0.562. The molecule has 0 unspecified atom stereocenters. The number of rotatable bonds is 10. The summed E-state index contributed by atoms with van der Waals surface area (Å²) < 4.78 is 25.4. The Morgan fingerprint density at radius 2 is 1.79 bits per heavy atom. The smallest absolute Gasteiger partial charge is 0.215 e. The predicted octanol–water partition coefficient (Wildman–Crippen LogP) is 1.54. The van der Waals surface area contributed by atoms with Crippen molar-refractivity contribution in [2.45, 2.75) is 25.1 Å². The van der Waals surface area contributed by atoms with Gasteiger partial charge in [-0.2, -0.15) is 11.8 Å². The standard InChI is InChI=1S/C16H28N4O2S2/c1-17-16(19-10-4-5-11-23-3)20-12-14-6-8-15(9-7-14)13-24(21,22)18-2/h6-9,18H,4-5,10-13H2,1-3H3,(H2,17,19,20). The van der Waals surface area contributed by atoms with Crippen LogP contribution < -0.4 is 15.4 Å². The molecule has 0 radical (unpaired) electrons. The van der Waals surface area contributed by atoms with E-state index < -0.39 is 10.0 Å². The molecule has 136 valence electrons. The lowest BCUT2D eigenvalue weighted by atomic mass is 10.1. The van der Waals surface area contributed by atoms with Crippen LogP contribution in [0.15, 0.2) is 29.3 Å². The number of hydrogen-bond acceptors (Lipinski definition) is 4. The van der Waals surface area contributed by atoms with Crippen LogP contribution in [0.4, 0.5) is 0 Å². The zero-order valence-electron chi connectivity index (χ0n) is 14.6. The Morgan fingerprint density at radius 1 is 1.12 bits per heavy atom. The Labute approximate surface area is 150 Å². The van der Waals surface area contributed by atoms with E-state index in [9.17, 15) is 8.42 Å². The number of hydrogen-bond donors (Lipinski definition) is 3. The maximum atomic E-state index is 11.5. The maximum Gasteiger partial charge on any atom is 0.215 e. The summed E-state index contributed by atoms with van der Waals surface area (Å²) in [5, 5.41) is 6.55. The first kappa shape index (κ1) is 20.8. The minimum absolute atomic E-state index is 0.00349. The molecule has 0 fully saturated rings. The van der Waals surface area contributed by atoms with Crippen LogP contribution in [-0.4, -0.2) is 47.0 Å². The van der Waals surface area contributed by atoms with E-state index in [2.05, 4.69) is 26.6 Å². The van der Waals surface area contributed by atoms with Crippen LogP contribution in [0.3, 0.4) is 0 Å². The number of nitrogens with one attached hydrogen (secondary N) is 3. The van der Waals surface area contributed by atoms with Gasteiger partial charge in [0.2, 0.25) is 10.0 Å². The molecule has 0 saturated heterocycles. The van der Waals surface area contributed by atoms with Crippen LogP contribution in [0.2, 0.25) is 0 Å². The summed E-state index contributed by atoms with van der Waals surface area (Å²) >= 11 is 1.86. The lowest BCUT2D eigenvalue weighted by Crippen LogP contribution is -2.37. The average Bonchev–Trinajstić information content (AvgIpc) is 2.58. The molecule has 0 atom stereocenters. The van der Waals surface area contributed by atoms with E-state index in [-0.39, 0.29) is 5.75 Å². The van der Waals surface area contributed by atoms with Crippen molar-refractivity contribution >= 4 is 27.7 Å². The lowest BCUT2D eigenvalue weighted by Gasteiger charge is -2.12. The van der Waals surface area contributed by atoms with Gasteiger partial charge in [0.25, 0.3) is 0 Å². The van der Waals surface area contributed by atoms with Gasteiger partial charge < -0.3 is 10.6 Å². The van der Waals surface area contributed by atoms with Crippen LogP contribution >= 0.6 is 11.8 Å². The molecular formula is C16H28N4O2S2. The summed E-state index contributed by atoms with van der Waals surface area (Å²) in [5.74, 6) is 1.96. The molecule has 0 bridgehead atoms. The van der Waals surface area contributed by atoms with Crippen LogP contribution in [-0.2, 0) is 22.3 Å². The van der Waals surface area contributed by atoms with Gasteiger partial charge in [0.15, 0.2) is 5.96 Å². The third-order valence-electron chi connectivity index (χ3n) is 3.44. The summed E-state index contributed by atoms with van der Waals surface area (Å²) in [6.07, 6.45) is 4.44. The van der Waals surface area contributed by atoms with Crippen molar-refractivity contribution < 1.29 is 8.42 Å². The Morgan fingerprint density at radius 3 is 2.38 bits per heavy atom. The summed E-state index contributed by atoms with van der Waals surface area (Å²) in [7, 11) is -0.0516. The number of nitrogens with zero attached hydrogens (tertiary/aromatic N) is 1. The predicted molar refractivity (Wildman–Crippen MR) is 104 cm³/mol. The molecule has 1 aromatic rings. The Bertz CT molecular complexity index is 601. The van der Waals surface area contributed by atoms with Gasteiger partial charge in [0.05, 0.1) is 5.75 Å². The highest BCUT2D eigenvalue weighted by Crippen LogP contribution is 2.07. The third kappa shape index (κ3) is 8.56. The Hall–Kier alpha value is -1.25. The van der Waals surface area contributed by atoms with Crippen molar-refractivity contribution in [1.82, 2.24) is 15.4 Å². The second kappa shape index (κ2) is 11.3. The molecule has 0 aliphatic heterocycles. The van der Waals surface area contributed by atoms with Crippen molar-refractivity contribution in [2.24, 2.45) is 4.99 Å². The third-order valence-corrected chi connectivity index (χ3v) is 5.47. The topological polar surface area (TPSA) is 82.6 Å². The van der Waals surface area contributed by atoms with Gasteiger partial charge in [0, 0.05) is 20.1 Å². The molecule has 24 heavy (non-hydrogen) atoms. The van der Waals surface area contributed by atoms with E-state index in [4.69, 9.17) is 0 Å². The van der Waals surface area contributed by atoms with E-state index in [0.29, 0.717) is 6.54 Å². The zero-order chi connectivity index (χ0) is 17.8. The van der Waals surface area contributed by atoms with Gasteiger partial charge in [-0.15, -0.1) is 0 Å². The number of sulfonamides is 1. The fourth-order valence-electron chi connectivity index (χ4n) is 2.03. The molecule has 1 aromatic carbocycles. The zero-order valence-corrected chi connectivity index (χ0v) is 16.3. The molecule has 0 heterocycles. The SMILES string of the molecule is CN=C(NCCCCSC)NCc1ccc(CS(=O)(=O)NC)cc1. The highest BCUT2D eigenvalue weighted by molar-refractivity contribution is 7.98. The summed E-state index contributed by atoms with van der Waals surface area (Å²) in [5.41, 5.74) is 1.84. The number of aliphatic imine (C=N–C) groups is 1. The number of unbranched alkanes of at least 4 members (excludes halogenated alkanes) is 1. The van der Waals surface area contributed by atoms with Crippen LogP contribution in [0.25, 0.3) is 0 Å². The van der Waals surface area contributed by atoms with Crippen molar-refractivity contribution in [3.05, 3.63) is 35.4 Å². The van der Waals surface area contributed by atoms with E-state index in [1.807, 2.05) is 36.0 Å². The van der Waals surface area contributed by atoms with Gasteiger partial charge in [-0.05, 0) is 43.0 Å². The van der Waals surface area contributed by atoms with Crippen molar-refractivity contribution in [2.75, 3.05) is 32.6 Å². The monoisotopic (exact) mass is 372 g/mol. The molecule has 0 aliphatic carbocycles. The van der Waals surface area contributed by atoms with E-state index in [0.717, 1.165) is 30.1 Å². The van der Waals surface area contributed by atoms with Crippen LogP contribution in [0, 0.1) is 0 Å². The molecule has 0 aromatic heterocycles. The second-order valence-corrected chi connectivity index (χ2v) is 8.24. The lowest BCUT2D eigenvalue weighted by molar-refractivity contribution is 0.587.